The predicted octanol–water partition coefficient (Wildman–Crippen LogP) is 2.39. The smallest absolute Gasteiger partial charge is 0.354 e. The van der Waals surface area contributed by atoms with E-state index in [4.69, 9.17) is 5.11 Å². The molecule has 0 fully saturated rings. The minimum absolute atomic E-state index is 0.0125. The summed E-state index contributed by atoms with van der Waals surface area (Å²) in [6.45, 7) is 0.890. The van der Waals surface area contributed by atoms with Crippen LogP contribution in [0, 0.1) is 11.6 Å². The lowest BCUT2D eigenvalue weighted by Gasteiger charge is -2.06. The fourth-order valence-corrected chi connectivity index (χ4v) is 1.90. The summed E-state index contributed by atoms with van der Waals surface area (Å²) in [6, 6.07) is 8.15. The first-order valence-electron chi connectivity index (χ1n) is 6.39. The molecule has 1 aromatic heterocycles. The van der Waals surface area contributed by atoms with Gasteiger partial charge in [0.15, 0.2) is 0 Å². The van der Waals surface area contributed by atoms with Crippen molar-refractivity contribution in [3.63, 3.8) is 0 Å². The Balaban J connectivity index is 1.84. The zero-order valence-electron chi connectivity index (χ0n) is 11.1. The second-order valence-electron chi connectivity index (χ2n) is 4.52. The van der Waals surface area contributed by atoms with Crippen molar-refractivity contribution in [2.75, 3.05) is 6.54 Å². The summed E-state index contributed by atoms with van der Waals surface area (Å²) in [7, 11) is 0. The number of hydrogen-bond donors (Lipinski definition) is 2. The Kier molecular flexibility index (Phi) is 4.94. The quantitative estimate of drug-likeness (QED) is 0.803. The van der Waals surface area contributed by atoms with E-state index >= 15 is 0 Å². The number of nitrogens with zero attached hydrogens (tertiary/aromatic N) is 1. The fourth-order valence-electron chi connectivity index (χ4n) is 1.90. The molecule has 0 bridgehead atoms. The van der Waals surface area contributed by atoms with Crippen molar-refractivity contribution < 1.29 is 18.7 Å². The highest BCUT2D eigenvalue weighted by atomic mass is 19.1. The molecule has 1 heterocycles. The van der Waals surface area contributed by atoms with Crippen LogP contribution >= 0.6 is 0 Å². The van der Waals surface area contributed by atoms with Crippen molar-refractivity contribution in [1.29, 1.82) is 0 Å². The summed E-state index contributed by atoms with van der Waals surface area (Å²) in [5.74, 6) is -2.27. The van der Waals surface area contributed by atoms with Gasteiger partial charge in [-0.15, -0.1) is 0 Å². The Labute approximate surface area is 120 Å². The molecule has 0 spiro atoms. The lowest BCUT2D eigenvalue weighted by atomic mass is 10.1. The van der Waals surface area contributed by atoms with E-state index in [1.807, 2.05) is 0 Å². The van der Waals surface area contributed by atoms with Gasteiger partial charge in [0.25, 0.3) is 0 Å². The Morgan fingerprint density at radius 3 is 2.57 bits per heavy atom. The molecule has 0 saturated heterocycles. The van der Waals surface area contributed by atoms with Gasteiger partial charge in [0, 0.05) is 12.6 Å². The van der Waals surface area contributed by atoms with Crippen LogP contribution in [0.25, 0.3) is 0 Å². The number of aromatic nitrogens is 1. The van der Waals surface area contributed by atoms with Gasteiger partial charge in [0.1, 0.15) is 17.3 Å². The molecule has 0 radical (unpaired) electrons. The van der Waals surface area contributed by atoms with Crippen molar-refractivity contribution in [3.8, 4) is 0 Å². The minimum Gasteiger partial charge on any atom is -0.477 e. The van der Waals surface area contributed by atoms with Crippen molar-refractivity contribution in [2.45, 2.75) is 13.0 Å². The maximum atomic E-state index is 13.0. The summed E-state index contributed by atoms with van der Waals surface area (Å²) in [5, 5.41) is 11.9. The maximum Gasteiger partial charge on any atom is 0.354 e. The molecule has 21 heavy (non-hydrogen) atoms. The van der Waals surface area contributed by atoms with E-state index in [9.17, 15) is 13.6 Å². The lowest BCUT2D eigenvalue weighted by molar-refractivity contribution is 0.0690. The van der Waals surface area contributed by atoms with Gasteiger partial charge in [-0.2, -0.15) is 0 Å². The van der Waals surface area contributed by atoms with Gasteiger partial charge >= 0.3 is 5.97 Å². The minimum atomic E-state index is -1.08. The number of rotatable bonds is 6. The van der Waals surface area contributed by atoms with Gasteiger partial charge in [-0.3, -0.25) is 0 Å². The predicted molar refractivity (Wildman–Crippen MR) is 73.0 cm³/mol. The molecule has 1 aromatic carbocycles. The average molecular weight is 292 g/mol. The highest BCUT2D eigenvalue weighted by molar-refractivity contribution is 5.85. The normalized spacial score (nSPS) is 10.6. The molecule has 0 aliphatic carbocycles. The number of nitrogens with one attached hydrogen (secondary N) is 1. The number of hydrogen-bond acceptors (Lipinski definition) is 3. The van der Waals surface area contributed by atoms with E-state index in [2.05, 4.69) is 10.3 Å². The Morgan fingerprint density at radius 1 is 1.19 bits per heavy atom. The molecular weight excluding hydrogens is 278 g/mol. The summed E-state index contributed by atoms with van der Waals surface area (Å²) in [4.78, 5) is 14.7. The van der Waals surface area contributed by atoms with Crippen LogP contribution in [0.15, 0.2) is 36.4 Å². The first-order valence-corrected chi connectivity index (χ1v) is 6.39. The average Bonchev–Trinajstić information content (AvgIpc) is 2.43. The third kappa shape index (κ3) is 4.61. The van der Waals surface area contributed by atoms with Crippen LogP contribution in [-0.2, 0) is 13.0 Å². The Bertz CT molecular complexity index is 627. The van der Waals surface area contributed by atoms with E-state index in [0.29, 0.717) is 30.8 Å². The van der Waals surface area contributed by atoms with Crippen LogP contribution in [0.5, 0.6) is 0 Å². The first-order chi connectivity index (χ1) is 10.0. The van der Waals surface area contributed by atoms with E-state index in [0.717, 1.165) is 6.07 Å². The molecule has 2 aromatic rings. The van der Waals surface area contributed by atoms with Gasteiger partial charge in [0.05, 0.1) is 5.69 Å². The van der Waals surface area contributed by atoms with Crippen LogP contribution in [-0.4, -0.2) is 22.6 Å². The van der Waals surface area contributed by atoms with E-state index < -0.39 is 17.6 Å². The van der Waals surface area contributed by atoms with Crippen LogP contribution in [0.4, 0.5) is 8.78 Å². The number of pyridine rings is 1. The van der Waals surface area contributed by atoms with Crippen molar-refractivity contribution in [2.24, 2.45) is 0 Å². The molecule has 2 rings (SSSR count). The van der Waals surface area contributed by atoms with Gasteiger partial charge in [-0.25, -0.2) is 18.6 Å². The molecule has 4 nitrogen and oxygen atoms in total. The van der Waals surface area contributed by atoms with E-state index in [1.54, 1.807) is 12.1 Å². The van der Waals surface area contributed by atoms with Crippen molar-refractivity contribution in [1.82, 2.24) is 10.3 Å². The topological polar surface area (TPSA) is 62.2 Å². The summed E-state index contributed by atoms with van der Waals surface area (Å²) >= 11 is 0. The van der Waals surface area contributed by atoms with E-state index in [-0.39, 0.29) is 5.69 Å². The number of carbonyl (C=O) groups is 1. The van der Waals surface area contributed by atoms with Crippen molar-refractivity contribution in [3.05, 3.63) is 65.0 Å². The summed E-state index contributed by atoms with van der Waals surface area (Å²) in [5.41, 5.74) is 1.15. The fraction of sp³-hybridized carbons (Fsp3) is 0.200. The van der Waals surface area contributed by atoms with Crippen LogP contribution in [0.1, 0.15) is 21.7 Å². The van der Waals surface area contributed by atoms with Gasteiger partial charge in [-0.1, -0.05) is 6.07 Å². The standard InChI is InChI=1S/C15H14F2N2O2/c16-11-6-10(7-12(17)8-11)4-5-18-9-13-2-1-3-14(19-13)15(20)21/h1-3,6-8,18H,4-5,9H2,(H,20,21). The molecule has 2 N–H and O–H groups in total. The van der Waals surface area contributed by atoms with Crippen LogP contribution in [0.3, 0.4) is 0 Å². The number of carboxylic acids is 1. The van der Waals surface area contributed by atoms with Gasteiger partial charge < -0.3 is 10.4 Å². The third-order valence-electron chi connectivity index (χ3n) is 2.84. The van der Waals surface area contributed by atoms with E-state index in [1.165, 1.54) is 18.2 Å². The van der Waals surface area contributed by atoms with Crippen LogP contribution < -0.4 is 5.32 Å². The number of benzene rings is 1. The van der Waals surface area contributed by atoms with Crippen molar-refractivity contribution >= 4 is 5.97 Å². The third-order valence-corrected chi connectivity index (χ3v) is 2.84. The maximum absolute atomic E-state index is 13.0. The largest absolute Gasteiger partial charge is 0.477 e. The highest BCUT2D eigenvalue weighted by Crippen LogP contribution is 2.08. The molecule has 0 saturated carbocycles. The molecule has 0 unspecified atom stereocenters. The van der Waals surface area contributed by atoms with Gasteiger partial charge in [0.2, 0.25) is 0 Å². The first kappa shape index (κ1) is 15.1. The Hall–Kier alpha value is -2.34. The lowest BCUT2D eigenvalue weighted by Crippen LogP contribution is -2.18. The number of carboxylic acid groups (broad SMARTS) is 1. The summed E-state index contributed by atoms with van der Waals surface area (Å²) in [6.07, 6.45) is 0.466. The summed E-state index contributed by atoms with van der Waals surface area (Å²) < 4.78 is 26.0. The second-order valence-corrected chi connectivity index (χ2v) is 4.52. The number of aromatic carboxylic acids is 1. The van der Waals surface area contributed by atoms with Crippen LogP contribution in [0.2, 0.25) is 0 Å². The molecule has 0 aliphatic rings. The molecule has 6 heteroatoms. The zero-order chi connectivity index (χ0) is 15.2. The molecule has 0 atom stereocenters. The monoisotopic (exact) mass is 292 g/mol. The SMILES string of the molecule is O=C(O)c1cccc(CNCCc2cc(F)cc(F)c2)n1. The molecular formula is C15H14F2N2O2. The molecule has 110 valence electrons. The second kappa shape index (κ2) is 6.90. The highest BCUT2D eigenvalue weighted by Gasteiger charge is 2.05. The number of halogens is 2. The molecule has 0 aliphatic heterocycles. The zero-order valence-corrected chi connectivity index (χ0v) is 11.1. The Morgan fingerprint density at radius 2 is 1.90 bits per heavy atom. The molecule has 0 amide bonds. The van der Waals surface area contributed by atoms with Gasteiger partial charge in [-0.05, 0) is 42.8 Å².